The maximum Gasteiger partial charge on any atom is 0.259 e. The molecule has 4 aromatic rings. The van der Waals surface area contributed by atoms with E-state index in [2.05, 4.69) is 18.9 Å². The van der Waals surface area contributed by atoms with Crippen LogP contribution in [-0.2, 0) is 0 Å². The molecule has 0 unspecified atom stereocenters. The maximum absolute atomic E-state index is 13.8. The number of benzene rings is 1. The molecule has 3 aromatic heterocycles. The number of carbonyl (C=O) groups is 1. The number of thiophene rings is 1. The van der Waals surface area contributed by atoms with Crippen molar-refractivity contribution in [2.75, 3.05) is 4.90 Å². The molecule has 0 spiro atoms. The summed E-state index contributed by atoms with van der Waals surface area (Å²) in [6.45, 7) is 8.19. The first-order valence-corrected chi connectivity index (χ1v) is 10.7. The second kappa shape index (κ2) is 7.79. The Kier molecular flexibility index (Phi) is 5.20. The highest BCUT2D eigenvalue weighted by molar-refractivity contribution is 7.13. The summed E-state index contributed by atoms with van der Waals surface area (Å²) in [5.74, 6) is -0.0419. The normalized spacial score (nSPS) is 11.5. The minimum atomic E-state index is -0.0419. The Labute approximate surface area is 174 Å². The minimum absolute atomic E-state index is 0.0125. The number of hydrogen-bond donors (Lipinski definition) is 0. The van der Waals surface area contributed by atoms with E-state index in [0.29, 0.717) is 5.56 Å². The molecule has 6 heteroatoms. The minimum Gasteiger partial charge on any atom is -0.306 e. The van der Waals surface area contributed by atoms with Crippen LogP contribution in [0.1, 0.15) is 44.1 Å². The van der Waals surface area contributed by atoms with Crippen molar-refractivity contribution in [2.24, 2.45) is 0 Å². The molecular formula is C23H24N4OS. The molecule has 0 radical (unpaired) electrons. The molecular weight excluding hydrogens is 380 g/mol. The monoisotopic (exact) mass is 404 g/mol. The number of para-hydroxylation sites is 1. The predicted octanol–water partition coefficient (Wildman–Crippen LogP) is 5.80. The van der Waals surface area contributed by atoms with Crippen molar-refractivity contribution in [2.45, 2.75) is 39.8 Å². The molecule has 29 heavy (non-hydrogen) atoms. The highest BCUT2D eigenvalue weighted by Crippen LogP contribution is 2.31. The van der Waals surface area contributed by atoms with Gasteiger partial charge in [0.2, 0.25) is 0 Å². The van der Waals surface area contributed by atoms with Crippen molar-refractivity contribution in [1.29, 1.82) is 0 Å². The third-order valence-corrected chi connectivity index (χ3v) is 5.72. The van der Waals surface area contributed by atoms with Crippen LogP contribution < -0.4 is 4.90 Å². The van der Waals surface area contributed by atoms with Gasteiger partial charge in [0.1, 0.15) is 0 Å². The van der Waals surface area contributed by atoms with E-state index in [0.717, 1.165) is 27.3 Å². The predicted molar refractivity (Wildman–Crippen MR) is 120 cm³/mol. The van der Waals surface area contributed by atoms with Gasteiger partial charge in [0.25, 0.3) is 5.91 Å². The third kappa shape index (κ3) is 3.56. The Bertz CT molecular complexity index is 1130. The van der Waals surface area contributed by atoms with Crippen LogP contribution in [0.2, 0.25) is 0 Å². The second-order valence-corrected chi connectivity index (χ2v) is 8.50. The Morgan fingerprint density at radius 3 is 2.45 bits per heavy atom. The first kappa shape index (κ1) is 19.3. The van der Waals surface area contributed by atoms with E-state index in [1.807, 2.05) is 77.3 Å². The van der Waals surface area contributed by atoms with Crippen molar-refractivity contribution < 1.29 is 4.79 Å². The topological polar surface area (TPSA) is 51.0 Å². The van der Waals surface area contributed by atoms with E-state index in [1.54, 1.807) is 17.5 Å². The zero-order valence-corrected chi connectivity index (χ0v) is 17.9. The van der Waals surface area contributed by atoms with Gasteiger partial charge in [0.05, 0.1) is 27.7 Å². The largest absolute Gasteiger partial charge is 0.306 e. The van der Waals surface area contributed by atoms with Crippen LogP contribution in [0.15, 0.2) is 60.1 Å². The van der Waals surface area contributed by atoms with Crippen LogP contribution in [-0.4, -0.2) is 26.7 Å². The molecule has 0 saturated heterocycles. The van der Waals surface area contributed by atoms with E-state index < -0.39 is 0 Å². The summed E-state index contributed by atoms with van der Waals surface area (Å²) in [5, 5.41) is 7.33. The van der Waals surface area contributed by atoms with Crippen LogP contribution in [0.25, 0.3) is 21.6 Å². The summed E-state index contributed by atoms with van der Waals surface area (Å²) in [5.41, 5.74) is 3.05. The van der Waals surface area contributed by atoms with Crippen molar-refractivity contribution in [3.63, 3.8) is 0 Å². The number of anilines is 1. The quantitative estimate of drug-likeness (QED) is 0.423. The van der Waals surface area contributed by atoms with Crippen LogP contribution in [0.3, 0.4) is 0 Å². The fraction of sp³-hybridized carbons (Fsp3) is 0.261. The Hall–Kier alpha value is -2.99. The van der Waals surface area contributed by atoms with Gasteiger partial charge in [-0.25, -0.2) is 9.67 Å². The summed E-state index contributed by atoms with van der Waals surface area (Å²) in [6.07, 6.45) is 1.76. The maximum atomic E-state index is 13.8. The lowest BCUT2D eigenvalue weighted by atomic mass is 10.1. The van der Waals surface area contributed by atoms with Gasteiger partial charge in [-0.05, 0) is 57.3 Å². The lowest BCUT2D eigenvalue weighted by Gasteiger charge is -2.27. The summed E-state index contributed by atoms with van der Waals surface area (Å²) >= 11 is 1.62. The van der Waals surface area contributed by atoms with E-state index in [1.165, 1.54) is 0 Å². The van der Waals surface area contributed by atoms with E-state index in [9.17, 15) is 4.79 Å². The zero-order chi connectivity index (χ0) is 20.5. The number of hydrogen-bond acceptors (Lipinski definition) is 4. The van der Waals surface area contributed by atoms with Gasteiger partial charge in [0.15, 0.2) is 5.65 Å². The number of pyridine rings is 1. The molecule has 1 aromatic carbocycles. The molecule has 0 fully saturated rings. The molecule has 5 nitrogen and oxygen atoms in total. The van der Waals surface area contributed by atoms with Crippen LogP contribution >= 0.6 is 11.3 Å². The molecule has 3 heterocycles. The van der Waals surface area contributed by atoms with E-state index in [4.69, 9.17) is 4.98 Å². The highest BCUT2D eigenvalue weighted by atomic mass is 32.1. The summed E-state index contributed by atoms with van der Waals surface area (Å²) < 4.78 is 1.88. The lowest BCUT2D eigenvalue weighted by molar-refractivity contribution is 0.0982. The van der Waals surface area contributed by atoms with Gasteiger partial charge in [-0.2, -0.15) is 5.10 Å². The van der Waals surface area contributed by atoms with Gasteiger partial charge >= 0.3 is 0 Å². The summed E-state index contributed by atoms with van der Waals surface area (Å²) in [7, 11) is 0. The molecule has 0 atom stereocenters. The van der Waals surface area contributed by atoms with E-state index >= 15 is 0 Å². The average molecular weight is 405 g/mol. The molecule has 4 rings (SSSR count). The number of nitrogens with zero attached hydrogens (tertiary/aromatic N) is 4. The average Bonchev–Trinajstić information content (AvgIpc) is 3.37. The first-order chi connectivity index (χ1) is 14.0. The standard InChI is InChI=1S/C23H24N4OS/c1-15(2)26(17-9-6-5-7-10-17)23(28)18-13-20(21-11-8-12-29-21)25-22-19(18)14-24-27(22)16(3)4/h5-16H,1-4H3. The van der Waals surface area contributed by atoms with Gasteiger partial charge in [0, 0.05) is 17.8 Å². The lowest BCUT2D eigenvalue weighted by Crippen LogP contribution is -2.37. The van der Waals surface area contributed by atoms with Crippen molar-refractivity contribution in [1.82, 2.24) is 14.8 Å². The smallest absolute Gasteiger partial charge is 0.259 e. The van der Waals surface area contributed by atoms with Crippen molar-refractivity contribution >= 4 is 34.0 Å². The number of rotatable bonds is 5. The molecule has 0 aliphatic carbocycles. The zero-order valence-electron chi connectivity index (χ0n) is 17.0. The molecule has 148 valence electrons. The summed E-state index contributed by atoms with van der Waals surface area (Å²) in [4.78, 5) is 21.5. The first-order valence-electron chi connectivity index (χ1n) is 9.78. The Morgan fingerprint density at radius 2 is 1.83 bits per heavy atom. The van der Waals surface area contributed by atoms with Crippen LogP contribution in [0.4, 0.5) is 5.69 Å². The van der Waals surface area contributed by atoms with Crippen LogP contribution in [0.5, 0.6) is 0 Å². The molecule has 0 aliphatic rings. The highest BCUT2D eigenvalue weighted by Gasteiger charge is 2.25. The molecule has 0 aliphatic heterocycles. The second-order valence-electron chi connectivity index (χ2n) is 7.56. The Morgan fingerprint density at radius 1 is 1.07 bits per heavy atom. The summed E-state index contributed by atoms with van der Waals surface area (Å²) in [6, 6.07) is 15.9. The molecule has 0 bridgehead atoms. The van der Waals surface area contributed by atoms with Crippen molar-refractivity contribution in [3.05, 3.63) is 65.7 Å². The molecule has 0 saturated carbocycles. The number of fused-ring (bicyclic) bond motifs is 1. The van der Waals surface area contributed by atoms with E-state index in [-0.39, 0.29) is 18.0 Å². The third-order valence-electron chi connectivity index (χ3n) is 4.83. The fourth-order valence-corrected chi connectivity index (χ4v) is 4.18. The van der Waals surface area contributed by atoms with Gasteiger partial charge in [-0.1, -0.05) is 24.3 Å². The van der Waals surface area contributed by atoms with Gasteiger partial charge < -0.3 is 4.90 Å². The molecule has 0 N–H and O–H groups in total. The molecule has 1 amide bonds. The fourth-order valence-electron chi connectivity index (χ4n) is 3.49. The number of aromatic nitrogens is 3. The van der Waals surface area contributed by atoms with Gasteiger partial charge in [-0.15, -0.1) is 11.3 Å². The number of carbonyl (C=O) groups excluding carboxylic acids is 1. The van der Waals surface area contributed by atoms with Gasteiger partial charge in [-0.3, -0.25) is 4.79 Å². The van der Waals surface area contributed by atoms with Crippen molar-refractivity contribution in [3.8, 4) is 10.6 Å². The van der Waals surface area contributed by atoms with Crippen LogP contribution in [0, 0.1) is 0 Å². The SMILES string of the molecule is CC(C)N(C(=O)c1cc(-c2cccs2)nc2c1cnn2C(C)C)c1ccccc1. The Balaban J connectivity index is 1.93. The number of amides is 1.